The van der Waals surface area contributed by atoms with Gasteiger partial charge in [0.15, 0.2) is 0 Å². The first-order chi connectivity index (χ1) is 7.59. The highest BCUT2D eigenvalue weighted by molar-refractivity contribution is 9.10. The monoisotopic (exact) mass is 319 g/mol. The molecule has 1 nitrogen and oxygen atoms in total. The topological polar surface area (TPSA) is 26.0 Å². The lowest BCUT2D eigenvalue weighted by Crippen LogP contribution is -2.11. The zero-order valence-electron chi connectivity index (χ0n) is 8.08. The minimum Gasteiger partial charge on any atom is -0.320 e. The van der Waals surface area contributed by atoms with E-state index < -0.39 is 0 Å². The lowest BCUT2D eigenvalue weighted by Gasteiger charge is -2.12. The Bertz CT molecular complexity index is 514. The molecule has 2 rings (SSSR count). The third-order valence-corrected chi connectivity index (χ3v) is 4.51. The van der Waals surface area contributed by atoms with Crippen LogP contribution in [0.2, 0.25) is 5.02 Å². The standard InChI is InChI=1S/C11H8BrClFNS/c12-8-3-4-16-11(8)10(15)7-2-1-6(14)5-9(7)13/h1-5,10H,15H2. The Morgan fingerprint density at radius 2 is 2.12 bits per heavy atom. The molecule has 1 atom stereocenters. The SMILES string of the molecule is NC(c1ccc(F)cc1Cl)c1sccc1Br. The van der Waals surface area contributed by atoms with Crippen LogP contribution in [0.25, 0.3) is 0 Å². The first-order valence-corrected chi connectivity index (χ1v) is 6.58. The molecule has 1 unspecified atom stereocenters. The van der Waals surface area contributed by atoms with Gasteiger partial charge in [0.2, 0.25) is 0 Å². The van der Waals surface area contributed by atoms with Crippen molar-refractivity contribution >= 4 is 38.9 Å². The molecule has 0 saturated heterocycles. The maximum atomic E-state index is 12.9. The van der Waals surface area contributed by atoms with Crippen LogP contribution in [0.4, 0.5) is 4.39 Å². The maximum Gasteiger partial charge on any atom is 0.124 e. The Balaban J connectivity index is 2.41. The van der Waals surface area contributed by atoms with E-state index in [1.807, 2.05) is 11.4 Å². The van der Waals surface area contributed by atoms with Crippen LogP contribution in [0, 0.1) is 5.82 Å². The van der Waals surface area contributed by atoms with Crippen LogP contribution in [0.3, 0.4) is 0 Å². The van der Waals surface area contributed by atoms with E-state index in [0.717, 1.165) is 14.9 Å². The summed E-state index contributed by atoms with van der Waals surface area (Å²) in [6, 6.07) is 5.86. The van der Waals surface area contributed by atoms with Crippen LogP contribution in [0.1, 0.15) is 16.5 Å². The highest BCUT2D eigenvalue weighted by atomic mass is 79.9. The summed E-state index contributed by atoms with van der Waals surface area (Å²) in [5, 5.41) is 2.30. The first kappa shape index (κ1) is 12.0. The average molecular weight is 321 g/mol. The molecular formula is C11H8BrClFNS. The Morgan fingerprint density at radius 1 is 1.38 bits per heavy atom. The molecule has 5 heteroatoms. The van der Waals surface area contributed by atoms with Gasteiger partial charge in [0.1, 0.15) is 5.82 Å². The zero-order valence-corrected chi connectivity index (χ0v) is 11.2. The van der Waals surface area contributed by atoms with E-state index in [-0.39, 0.29) is 11.9 Å². The molecule has 2 N–H and O–H groups in total. The molecule has 16 heavy (non-hydrogen) atoms. The normalized spacial score (nSPS) is 12.8. The second-order valence-corrected chi connectivity index (χ2v) is 5.49. The number of hydrogen-bond donors (Lipinski definition) is 1. The molecule has 0 saturated carbocycles. The van der Waals surface area contributed by atoms with Crippen molar-refractivity contribution in [2.45, 2.75) is 6.04 Å². The molecule has 0 radical (unpaired) electrons. The van der Waals surface area contributed by atoms with Gasteiger partial charge in [0.25, 0.3) is 0 Å². The van der Waals surface area contributed by atoms with Crippen molar-refractivity contribution in [1.82, 2.24) is 0 Å². The summed E-state index contributed by atoms with van der Waals surface area (Å²) >= 11 is 10.9. The average Bonchev–Trinajstić information content (AvgIpc) is 2.63. The van der Waals surface area contributed by atoms with Crippen molar-refractivity contribution in [3.63, 3.8) is 0 Å². The van der Waals surface area contributed by atoms with Crippen LogP contribution >= 0.6 is 38.9 Å². The van der Waals surface area contributed by atoms with Crippen molar-refractivity contribution in [1.29, 1.82) is 0 Å². The van der Waals surface area contributed by atoms with Crippen molar-refractivity contribution in [3.8, 4) is 0 Å². The first-order valence-electron chi connectivity index (χ1n) is 4.53. The number of nitrogens with two attached hydrogens (primary N) is 1. The van der Waals surface area contributed by atoms with Crippen LogP contribution in [-0.4, -0.2) is 0 Å². The van der Waals surface area contributed by atoms with Crippen LogP contribution in [0.15, 0.2) is 34.1 Å². The summed E-state index contributed by atoms with van der Waals surface area (Å²) in [5.74, 6) is -0.355. The Kier molecular flexibility index (Phi) is 3.64. The van der Waals surface area contributed by atoms with Gasteiger partial charge in [-0.3, -0.25) is 0 Å². The van der Waals surface area contributed by atoms with Crippen LogP contribution in [-0.2, 0) is 0 Å². The van der Waals surface area contributed by atoms with E-state index >= 15 is 0 Å². The van der Waals surface area contributed by atoms with Crippen molar-refractivity contribution in [2.75, 3.05) is 0 Å². The van der Waals surface area contributed by atoms with Crippen molar-refractivity contribution in [2.24, 2.45) is 5.73 Å². The van der Waals surface area contributed by atoms with E-state index in [9.17, 15) is 4.39 Å². The molecule has 2 aromatic rings. The molecule has 1 aromatic carbocycles. The predicted octanol–water partition coefficient (Wildman–Crippen LogP) is 4.35. The van der Waals surface area contributed by atoms with Gasteiger partial charge < -0.3 is 5.73 Å². The number of halogens is 3. The van der Waals surface area contributed by atoms with Crippen LogP contribution < -0.4 is 5.73 Å². The van der Waals surface area contributed by atoms with E-state index in [0.29, 0.717) is 5.02 Å². The smallest absolute Gasteiger partial charge is 0.124 e. The molecule has 84 valence electrons. The summed E-state index contributed by atoms with van der Waals surface area (Å²) in [6.07, 6.45) is 0. The van der Waals surface area contributed by atoms with Crippen molar-refractivity contribution in [3.05, 3.63) is 55.4 Å². The third-order valence-electron chi connectivity index (χ3n) is 2.22. The Hall–Kier alpha value is -0.420. The summed E-state index contributed by atoms with van der Waals surface area (Å²) in [7, 11) is 0. The van der Waals surface area contributed by atoms with Gasteiger partial charge in [-0.15, -0.1) is 11.3 Å². The number of thiophene rings is 1. The quantitative estimate of drug-likeness (QED) is 0.874. The van der Waals surface area contributed by atoms with Crippen molar-refractivity contribution < 1.29 is 4.39 Å². The van der Waals surface area contributed by atoms with Gasteiger partial charge in [0, 0.05) is 14.4 Å². The highest BCUT2D eigenvalue weighted by Crippen LogP contribution is 2.34. The molecule has 0 aliphatic rings. The third kappa shape index (κ3) is 2.30. The Labute approximate surface area is 110 Å². The van der Waals surface area contributed by atoms with Crippen LogP contribution in [0.5, 0.6) is 0 Å². The molecule has 0 fully saturated rings. The Morgan fingerprint density at radius 3 is 2.69 bits per heavy atom. The fraction of sp³-hybridized carbons (Fsp3) is 0.0909. The summed E-state index contributed by atoms with van der Waals surface area (Å²) in [6.45, 7) is 0. The van der Waals surface area contributed by atoms with Gasteiger partial charge in [0.05, 0.1) is 6.04 Å². The fourth-order valence-electron chi connectivity index (χ4n) is 1.42. The second kappa shape index (κ2) is 4.84. The number of rotatable bonds is 2. The van der Waals surface area contributed by atoms with Gasteiger partial charge in [-0.1, -0.05) is 17.7 Å². The van der Waals surface area contributed by atoms with Gasteiger partial charge >= 0.3 is 0 Å². The summed E-state index contributed by atoms with van der Waals surface area (Å²) < 4.78 is 13.9. The van der Waals surface area contributed by atoms with Gasteiger partial charge in [-0.2, -0.15) is 0 Å². The van der Waals surface area contributed by atoms with E-state index in [1.54, 1.807) is 17.4 Å². The minimum absolute atomic E-state index is 0.331. The molecule has 0 spiro atoms. The molecular weight excluding hydrogens is 313 g/mol. The molecule has 1 aromatic heterocycles. The van der Waals surface area contributed by atoms with Gasteiger partial charge in [-0.25, -0.2) is 4.39 Å². The van der Waals surface area contributed by atoms with E-state index in [4.69, 9.17) is 17.3 Å². The highest BCUT2D eigenvalue weighted by Gasteiger charge is 2.16. The van der Waals surface area contributed by atoms with E-state index in [1.165, 1.54) is 12.1 Å². The molecule has 0 amide bonds. The number of hydrogen-bond acceptors (Lipinski definition) is 2. The fourth-order valence-corrected chi connectivity index (χ4v) is 3.35. The van der Waals surface area contributed by atoms with Gasteiger partial charge in [-0.05, 0) is 45.1 Å². The molecule has 0 aliphatic heterocycles. The lowest BCUT2D eigenvalue weighted by atomic mass is 10.1. The lowest BCUT2D eigenvalue weighted by molar-refractivity contribution is 0.626. The largest absolute Gasteiger partial charge is 0.320 e. The molecule has 0 aliphatic carbocycles. The van der Waals surface area contributed by atoms with E-state index in [2.05, 4.69) is 15.9 Å². The second-order valence-electron chi connectivity index (χ2n) is 3.28. The summed E-state index contributed by atoms with van der Waals surface area (Å²) in [5.41, 5.74) is 6.81. The predicted molar refractivity (Wildman–Crippen MR) is 69.5 cm³/mol. The zero-order chi connectivity index (χ0) is 11.7. The molecule has 1 heterocycles. The maximum absolute atomic E-state index is 12.9. The minimum atomic E-state index is -0.355. The molecule has 0 bridgehead atoms. The summed E-state index contributed by atoms with van der Waals surface area (Å²) in [4.78, 5) is 0.980. The number of benzene rings is 1.